The molecule has 32 heavy (non-hydrogen) atoms. The molecule has 0 spiro atoms. The van der Waals surface area contributed by atoms with Crippen molar-refractivity contribution in [3.05, 3.63) is 0 Å². The summed E-state index contributed by atoms with van der Waals surface area (Å²) >= 11 is 0. The fraction of sp³-hybridized carbons (Fsp3) is 0.900. The Balaban J connectivity index is -0.000000182. The van der Waals surface area contributed by atoms with Crippen molar-refractivity contribution in [2.75, 3.05) is 13.2 Å². The van der Waals surface area contributed by atoms with Crippen LogP contribution in [0.2, 0.25) is 0 Å². The van der Waals surface area contributed by atoms with Crippen LogP contribution < -0.4 is 29.6 Å². The van der Waals surface area contributed by atoms with E-state index in [1.54, 1.807) is 0 Å². The molecule has 0 aromatic heterocycles. The van der Waals surface area contributed by atoms with Gasteiger partial charge in [-0.25, -0.2) is 0 Å². The zero-order chi connectivity index (χ0) is 22.4. The molecule has 0 fully saturated rings. The first-order valence-corrected chi connectivity index (χ1v) is 12.1. The average molecular weight is 560 g/mol. The molecule has 0 aromatic rings. The Hall–Kier alpha value is 0.546. The van der Waals surface area contributed by atoms with Gasteiger partial charge in [-0.2, -0.15) is 8.42 Å². The Bertz CT molecular complexity index is 478. The largest absolute Gasteiger partial charge is 1.00 e. The minimum absolute atomic E-state index is 0. The van der Waals surface area contributed by atoms with Crippen LogP contribution in [0.5, 0.6) is 0 Å². The van der Waals surface area contributed by atoms with E-state index in [1.807, 2.05) is 0 Å². The molecule has 0 bridgehead atoms. The summed E-state index contributed by atoms with van der Waals surface area (Å²) in [6.45, 7) is 5.33. The van der Waals surface area contributed by atoms with Crippen molar-refractivity contribution in [2.24, 2.45) is 0 Å². The van der Waals surface area contributed by atoms with Crippen molar-refractivity contribution in [3.8, 4) is 0 Å². The molecule has 8 nitrogen and oxygen atoms in total. The summed E-state index contributed by atoms with van der Waals surface area (Å²) < 4.78 is 41.8. The third-order valence-corrected chi connectivity index (χ3v) is 4.06. The van der Waals surface area contributed by atoms with Crippen LogP contribution in [-0.2, 0) is 46.5 Å². The van der Waals surface area contributed by atoms with Gasteiger partial charge in [0.05, 0.1) is 26.1 Å². The third-order valence-electron chi connectivity index (χ3n) is 4.06. The van der Waals surface area contributed by atoms with Gasteiger partial charge in [0.25, 0.3) is 0 Å². The second-order valence-electron chi connectivity index (χ2n) is 6.92. The molecule has 0 saturated heterocycles. The van der Waals surface area contributed by atoms with E-state index >= 15 is 0 Å². The zero-order valence-electron chi connectivity index (χ0n) is 20.4. The van der Waals surface area contributed by atoms with Crippen LogP contribution in [-0.4, -0.2) is 53.6 Å². The Kier molecular flexibility index (Phi) is 42.1. The van der Waals surface area contributed by atoms with E-state index in [9.17, 15) is 9.59 Å². The average Bonchev–Trinajstić information content (AvgIpc) is 2.63. The second-order valence-corrected chi connectivity index (χ2v) is 7.82. The molecule has 12 heteroatoms. The van der Waals surface area contributed by atoms with Crippen molar-refractivity contribution >= 4 is 33.3 Å². The van der Waals surface area contributed by atoms with E-state index in [0.717, 1.165) is 25.7 Å². The molecule has 2 N–H and O–H groups in total. The molecule has 1 radical (unpaired) electrons. The van der Waals surface area contributed by atoms with Crippen LogP contribution in [0.3, 0.4) is 0 Å². The van der Waals surface area contributed by atoms with Gasteiger partial charge in [0.15, 0.2) is 0 Å². The SMILES string of the molecule is CCCCCCCCOC(=O)CCC(=O)OCCCCCCCC.O=S(=O)(O)O.[Cu].[H-].[Na+].[SiH4]. The summed E-state index contributed by atoms with van der Waals surface area (Å²) in [4.78, 5) is 23.1. The molecular formula is C20H45CuNaO8SSi. The first kappa shape index (κ1) is 42.7. The molecule has 0 aliphatic rings. The summed E-state index contributed by atoms with van der Waals surface area (Å²) in [6.07, 6.45) is 14.3. The van der Waals surface area contributed by atoms with Crippen molar-refractivity contribution in [1.29, 1.82) is 0 Å². The third kappa shape index (κ3) is 48.1. The Morgan fingerprint density at radius 2 is 0.938 bits per heavy atom. The standard InChI is InChI=1S/C20H38O4.Cu.Na.H2O4S.H4Si.H/c1-3-5-7-9-11-13-17-23-19(21)15-16-20(22)24-18-14-12-10-8-6-4-2;;;1-5(2,3)4;;/h3-18H2,1-2H3;;;(H2,1,2,3,4);1H4;/q;;+1;;;-1. The zero-order valence-corrected chi connectivity index (χ0v) is 23.1. The minimum atomic E-state index is -4.67. The first-order valence-electron chi connectivity index (χ1n) is 10.7. The summed E-state index contributed by atoms with van der Waals surface area (Å²) in [5, 5.41) is 0. The normalized spacial score (nSPS) is 9.75. The van der Waals surface area contributed by atoms with Gasteiger partial charge in [0.2, 0.25) is 0 Å². The predicted octanol–water partition coefficient (Wildman–Crippen LogP) is 0.584. The van der Waals surface area contributed by atoms with Gasteiger partial charge >= 0.3 is 51.9 Å². The fourth-order valence-corrected chi connectivity index (χ4v) is 2.49. The number of carbonyl (C=O) groups is 2. The van der Waals surface area contributed by atoms with Crippen molar-refractivity contribution < 1.29 is 84.6 Å². The number of ether oxygens (including phenoxy) is 2. The summed E-state index contributed by atoms with van der Waals surface area (Å²) in [6, 6.07) is 0. The smallest absolute Gasteiger partial charge is 1.00 e. The van der Waals surface area contributed by atoms with Gasteiger partial charge < -0.3 is 10.9 Å². The van der Waals surface area contributed by atoms with E-state index in [4.69, 9.17) is 27.0 Å². The summed E-state index contributed by atoms with van der Waals surface area (Å²) in [5.41, 5.74) is 0. The van der Waals surface area contributed by atoms with Crippen LogP contribution in [0.25, 0.3) is 0 Å². The van der Waals surface area contributed by atoms with Gasteiger partial charge in [0.1, 0.15) is 0 Å². The number of rotatable bonds is 17. The molecular weight excluding hydrogens is 515 g/mol. The van der Waals surface area contributed by atoms with Crippen LogP contribution in [0, 0.1) is 0 Å². The molecule has 0 aromatic carbocycles. The van der Waals surface area contributed by atoms with Crippen molar-refractivity contribution in [3.63, 3.8) is 0 Å². The molecule has 0 aliphatic heterocycles. The maximum Gasteiger partial charge on any atom is 1.00 e. The molecule has 0 amide bonds. The number of esters is 2. The Morgan fingerprint density at radius 3 is 1.22 bits per heavy atom. The molecule has 0 unspecified atom stereocenters. The van der Waals surface area contributed by atoms with Crippen LogP contribution in [0.15, 0.2) is 0 Å². The number of hydrogen-bond acceptors (Lipinski definition) is 6. The van der Waals surface area contributed by atoms with E-state index in [2.05, 4.69) is 13.8 Å². The fourth-order valence-electron chi connectivity index (χ4n) is 2.49. The van der Waals surface area contributed by atoms with E-state index in [-0.39, 0.29) is 83.8 Å². The van der Waals surface area contributed by atoms with E-state index < -0.39 is 10.4 Å². The maximum atomic E-state index is 11.5. The number of carbonyl (C=O) groups excluding carboxylic acids is 2. The molecule has 195 valence electrons. The van der Waals surface area contributed by atoms with E-state index in [1.165, 1.54) is 51.4 Å². The monoisotopic (exact) mass is 559 g/mol. The quantitative estimate of drug-likeness (QED) is 0.115. The molecule has 0 rings (SSSR count). The second kappa shape index (κ2) is 31.5. The molecule has 0 atom stereocenters. The van der Waals surface area contributed by atoms with Crippen LogP contribution in [0.1, 0.15) is 105 Å². The summed E-state index contributed by atoms with van der Waals surface area (Å²) in [7, 11) is -4.67. The Morgan fingerprint density at radius 1 is 0.688 bits per heavy atom. The number of unbranched alkanes of at least 4 members (excludes halogenated alkanes) is 10. The molecule has 0 aliphatic carbocycles. The van der Waals surface area contributed by atoms with Crippen LogP contribution >= 0.6 is 0 Å². The number of hydrogen-bond donors (Lipinski definition) is 2. The summed E-state index contributed by atoms with van der Waals surface area (Å²) in [5.74, 6) is -0.583. The first-order chi connectivity index (χ1) is 13.7. The van der Waals surface area contributed by atoms with Crippen molar-refractivity contribution in [1.82, 2.24) is 0 Å². The van der Waals surface area contributed by atoms with Gasteiger partial charge in [-0.3, -0.25) is 18.7 Å². The van der Waals surface area contributed by atoms with Gasteiger partial charge in [-0.15, -0.1) is 0 Å². The molecule has 0 heterocycles. The maximum absolute atomic E-state index is 11.5. The van der Waals surface area contributed by atoms with Gasteiger partial charge in [-0.1, -0.05) is 78.1 Å². The molecule has 0 saturated carbocycles. The van der Waals surface area contributed by atoms with Crippen molar-refractivity contribution in [2.45, 2.75) is 104 Å². The van der Waals surface area contributed by atoms with Crippen LogP contribution in [0.4, 0.5) is 0 Å². The topological polar surface area (TPSA) is 127 Å². The van der Waals surface area contributed by atoms with Gasteiger partial charge in [-0.05, 0) is 23.8 Å². The predicted molar refractivity (Wildman–Crippen MR) is 125 cm³/mol. The van der Waals surface area contributed by atoms with Gasteiger partial charge in [0, 0.05) is 17.1 Å². The van der Waals surface area contributed by atoms with E-state index in [0.29, 0.717) is 13.2 Å². The Labute approximate surface area is 233 Å². The minimum Gasteiger partial charge on any atom is -1.00 e.